The molecule has 4 nitrogen and oxygen atoms in total. The predicted molar refractivity (Wildman–Crippen MR) is 123 cm³/mol. The van der Waals surface area contributed by atoms with Gasteiger partial charge in [-0.1, -0.05) is 106 Å². The number of hydrogen-bond acceptors (Lipinski definition) is 3. The minimum atomic E-state index is -3.63. The van der Waals surface area contributed by atoms with Crippen molar-refractivity contribution in [2.75, 3.05) is 0 Å². The summed E-state index contributed by atoms with van der Waals surface area (Å²) in [5.41, 5.74) is 10.1. The summed E-state index contributed by atoms with van der Waals surface area (Å²) in [7, 11) is -3.63. The second-order valence-electron chi connectivity index (χ2n) is 8.65. The highest BCUT2D eigenvalue weighted by atomic mass is 32.2. The first-order valence-electron chi connectivity index (χ1n) is 10.1. The lowest BCUT2D eigenvalue weighted by Gasteiger charge is -2.26. The van der Waals surface area contributed by atoms with Crippen LogP contribution in [0, 0.1) is 0 Å². The third-order valence-corrected chi connectivity index (χ3v) is 6.48. The van der Waals surface area contributed by atoms with E-state index in [1.165, 1.54) is 0 Å². The van der Waals surface area contributed by atoms with Crippen LogP contribution in [0.4, 0.5) is 0 Å². The van der Waals surface area contributed by atoms with E-state index in [0.29, 0.717) is 0 Å². The Morgan fingerprint density at radius 2 is 1.40 bits per heavy atom. The molecule has 0 saturated heterocycles. The lowest BCUT2D eigenvalue weighted by molar-refractivity contribution is 0.503. The first-order chi connectivity index (χ1) is 14.2. The van der Waals surface area contributed by atoms with E-state index in [4.69, 9.17) is 5.73 Å². The Bertz CT molecular complexity index is 1060. The monoisotopic (exact) mass is 422 g/mol. The molecular formula is C25H30N2O2S. The van der Waals surface area contributed by atoms with Gasteiger partial charge in [0.2, 0.25) is 10.0 Å². The van der Waals surface area contributed by atoms with Crippen molar-refractivity contribution in [3.8, 4) is 0 Å². The van der Waals surface area contributed by atoms with E-state index in [0.717, 1.165) is 22.3 Å². The van der Waals surface area contributed by atoms with Gasteiger partial charge in [0, 0.05) is 0 Å². The Kier molecular flexibility index (Phi) is 6.76. The summed E-state index contributed by atoms with van der Waals surface area (Å²) in [6.45, 7) is 6.34. The van der Waals surface area contributed by atoms with Gasteiger partial charge in [-0.2, -0.15) is 0 Å². The molecule has 0 spiro atoms. The molecule has 3 N–H and O–H groups in total. The average molecular weight is 423 g/mol. The fraction of sp³-hybridized carbons (Fsp3) is 0.280. The molecule has 0 heterocycles. The van der Waals surface area contributed by atoms with E-state index in [2.05, 4.69) is 25.5 Å². The smallest absolute Gasteiger partial charge is 0.216 e. The van der Waals surface area contributed by atoms with Crippen molar-refractivity contribution in [2.24, 2.45) is 5.73 Å². The third-order valence-electron chi connectivity index (χ3n) is 5.16. The second-order valence-corrected chi connectivity index (χ2v) is 10.4. The van der Waals surface area contributed by atoms with Crippen LogP contribution in [0.1, 0.15) is 55.1 Å². The zero-order chi connectivity index (χ0) is 21.8. The van der Waals surface area contributed by atoms with Gasteiger partial charge in [-0.15, -0.1) is 0 Å². The number of hydrogen-bond donors (Lipinski definition) is 2. The number of rotatable bonds is 7. The first kappa shape index (κ1) is 22.2. The standard InChI is InChI=1S/C25H30N2O2S/c1-25(2,3)22-16-10-11-19(17-22)18-30(28,29)27-24(21-14-8-5-9-15-21)23(26)20-12-6-4-7-13-20/h4-17,23-24,27H,18,26H2,1-3H3. The Balaban J connectivity index is 1.88. The number of benzene rings is 3. The highest BCUT2D eigenvalue weighted by molar-refractivity contribution is 7.88. The normalized spacial score (nSPS) is 14.3. The maximum absolute atomic E-state index is 13.1. The van der Waals surface area contributed by atoms with Crippen molar-refractivity contribution in [2.45, 2.75) is 44.0 Å². The number of nitrogens with one attached hydrogen (secondary N) is 1. The zero-order valence-corrected chi connectivity index (χ0v) is 18.6. The molecule has 5 heteroatoms. The Hall–Kier alpha value is -2.47. The molecule has 0 aliphatic heterocycles. The molecule has 0 aromatic heterocycles. The second kappa shape index (κ2) is 9.13. The molecule has 0 aliphatic carbocycles. The van der Waals surface area contributed by atoms with Crippen LogP contribution in [0.25, 0.3) is 0 Å². The molecule has 2 unspecified atom stereocenters. The molecule has 158 valence electrons. The lowest BCUT2D eigenvalue weighted by atomic mass is 9.86. The fourth-order valence-corrected chi connectivity index (χ4v) is 4.83. The van der Waals surface area contributed by atoms with E-state index in [-0.39, 0.29) is 11.2 Å². The summed E-state index contributed by atoms with van der Waals surface area (Å²) in [5, 5.41) is 0. The van der Waals surface area contributed by atoms with Crippen molar-refractivity contribution in [3.05, 3.63) is 107 Å². The maximum atomic E-state index is 13.1. The van der Waals surface area contributed by atoms with Gasteiger partial charge < -0.3 is 5.73 Å². The molecule has 0 bridgehead atoms. The van der Waals surface area contributed by atoms with Crippen molar-refractivity contribution < 1.29 is 8.42 Å². The van der Waals surface area contributed by atoms with Crippen LogP contribution < -0.4 is 10.5 Å². The lowest BCUT2D eigenvalue weighted by Crippen LogP contribution is -2.36. The maximum Gasteiger partial charge on any atom is 0.216 e. The van der Waals surface area contributed by atoms with Crippen LogP contribution in [0.3, 0.4) is 0 Å². The first-order valence-corrected chi connectivity index (χ1v) is 11.8. The molecule has 0 saturated carbocycles. The third kappa shape index (κ3) is 5.79. The highest BCUT2D eigenvalue weighted by Crippen LogP contribution is 2.28. The molecule has 2 atom stereocenters. The fourth-order valence-electron chi connectivity index (χ4n) is 3.46. The van der Waals surface area contributed by atoms with E-state index in [9.17, 15) is 8.42 Å². The van der Waals surface area contributed by atoms with Crippen molar-refractivity contribution in [1.82, 2.24) is 4.72 Å². The SMILES string of the molecule is CC(C)(C)c1cccc(CS(=O)(=O)NC(c2ccccc2)C(N)c2ccccc2)c1. The number of sulfonamides is 1. The van der Waals surface area contributed by atoms with E-state index in [1.807, 2.05) is 84.9 Å². The quantitative estimate of drug-likeness (QED) is 0.572. The molecule has 3 aromatic rings. The van der Waals surface area contributed by atoms with Crippen molar-refractivity contribution in [3.63, 3.8) is 0 Å². The minimum Gasteiger partial charge on any atom is -0.322 e. The molecule has 0 aliphatic rings. The average Bonchev–Trinajstić information content (AvgIpc) is 2.72. The topological polar surface area (TPSA) is 72.2 Å². The van der Waals surface area contributed by atoms with E-state index < -0.39 is 22.1 Å². The van der Waals surface area contributed by atoms with E-state index >= 15 is 0 Å². The Morgan fingerprint density at radius 3 is 1.97 bits per heavy atom. The van der Waals surface area contributed by atoms with Crippen LogP contribution in [0.5, 0.6) is 0 Å². The molecule has 0 amide bonds. The summed E-state index contributed by atoms with van der Waals surface area (Å²) in [4.78, 5) is 0. The van der Waals surface area contributed by atoms with Crippen molar-refractivity contribution in [1.29, 1.82) is 0 Å². The minimum absolute atomic E-state index is 0.0462. The van der Waals surface area contributed by atoms with Gasteiger partial charge >= 0.3 is 0 Å². The summed E-state index contributed by atoms with van der Waals surface area (Å²) in [6, 6.07) is 25.7. The van der Waals surface area contributed by atoms with Crippen LogP contribution in [0.2, 0.25) is 0 Å². The van der Waals surface area contributed by atoms with Gasteiger partial charge in [0.15, 0.2) is 0 Å². The van der Waals surface area contributed by atoms with E-state index in [1.54, 1.807) is 0 Å². The van der Waals surface area contributed by atoms with Crippen LogP contribution >= 0.6 is 0 Å². The molecule has 0 radical (unpaired) electrons. The van der Waals surface area contributed by atoms with Crippen LogP contribution in [0.15, 0.2) is 84.9 Å². The number of nitrogens with two attached hydrogens (primary N) is 1. The van der Waals surface area contributed by atoms with Gasteiger partial charge in [0.05, 0.1) is 17.8 Å². The zero-order valence-electron chi connectivity index (χ0n) is 17.7. The summed E-state index contributed by atoms with van der Waals surface area (Å²) >= 11 is 0. The molecule has 3 aromatic carbocycles. The van der Waals surface area contributed by atoms with Crippen LogP contribution in [-0.4, -0.2) is 8.42 Å². The van der Waals surface area contributed by atoms with Gasteiger partial charge in [-0.3, -0.25) is 0 Å². The van der Waals surface area contributed by atoms with Gasteiger partial charge in [0.1, 0.15) is 0 Å². The molecule has 0 fully saturated rings. The van der Waals surface area contributed by atoms with Gasteiger partial charge in [0.25, 0.3) is 0 Å². The Morgan fingerprint density at radius 1 is 0.833 bits per heavy atom. The summed E-state index contributed by atoms with van der Waals surface area (Å²) < 4.78 is 29.1. The molecule has 3 rings (SSSR count). The predicted octanol–water partition coefficient (Wildman–Crippen LogP) is 4.84. The van der Waals surface area contributed by atoms with Gasteiger partial charge in [-0.25, -0.2) is 13.1 Å². The molecule has 30 heavy (non-hydrogen) atoms. The van der Waals surface area contributed by atoms with Crippen LogP contribution in [-0.2, 0) is 21.2 Å². The molecular weight excluding hydrogens is 392 g/mol. The van der Waals surface area contributed by atoms with Crippen molar-refractivity contribution >= 4 is 10.0 Å². The van der Waals surface area contributed by atoms with Gasteiger partial charge in [-0.05, 0) is 27.7 Å². The highest BCUT2D eigenvalue weighted by Gasteiger charge is 2.27. The summed E-state index contributed by atoms with van der Waals surface area (Å²) in [6.07, 6.45) is 0. The largest absolute Gasteiger partial charge is 0.322 e. The Labute approximate surface area is 180 Å². The summed E-state index contributed by atoms with van der Waals surface area (Å²) in [5.74, 6) is -0.0955.